The second kappa shape index (κ2) is 6.22. The summed E-state index contributed by atoms with van der Waals surface area (Å²) in [4.78, 5) is 27.3. The van der Waals surface area contributed by atoms with Gasteiger partial charge < -0.3 is 15.0 Å². The van der Waals surface area contributed by atoms with Gasteiger partial charge in [0.05, 0.1) is 7.11 Å². The van der Waals surface area contributed by atoms with E-state index >= 15 is 0 Å². The largest absolute Gasteiger partial charge is 0.467 e. The number of amides is 1. The number of carbonyl (C=O) groups excluding carboxylic acids is 2. The molecule has 116 valence electrons. The average Bonchev–Trinajstić information content (AvgIpc) is 2.87. The number of fused-ring (bicyclic) bond motifs is 1. The number of esters is 1. The van der Waals surface area contributed by atoms with Crippen LogP contribution in [0.15, 0.2) is 30.5 Å². The summed E-state index contributed by atoms with van der Waals surface area (Å²) in [6.07, 6.45) is 5.22. The first-order chi connectivity index (χ1) is 10.7. The second-order valence-corrected chi connectivity index (χ2v) is 5.78. The Labute approximate surface area is 129 Å². The number of hydrogen-bond acceptors (Lipinski definition) is 3. The Balaban J connectivity index is 1.77. The average molecular weight is 300 g/mol. The first-order valence-electron chi connectivity index (χ1n) is 7.62. The molecule has 1 fully saturated rings. The van der Waals surface area contributed by atoms with Gasteiger partial charge in [-0.2, -0.15) is 0 Å². The number of ether oxygens (including phenoxy) is 1. The van der Waals surface area contributed by atoms with Crippen molar-refractivity contribution in [2.24, 2.45) is 5.92 Å². The van der Waals surface area contributed by atoms with E-state index in [1.807, 2.05) is 30.5 Å². The maximum atomic E-state index is 12.1. The lowest BCUT2D eigenvalue weighted by Gasteiger charge is -2.26. The predicted octanol–water partition coefficient (Wildman–Crippen LogP) is 2.17. The molecule has 0 aliphatic heterocycles. The maximum absolute atomic E-state index is 12.1. The normalized spacial score (nSPS) is 16.0. The van der Waals surface area contributed by atoms with E-state index in [4.69, 9.17) is 4.74 Å². The number of benzene rings is 1. The highest BCUT2D eigenvalue weighted by atomic mass is 16.5. The Kier molecular flexibility index (Phi) is 4.13. The highest BCUT2D eigenvalue weighted by Gasteiger charge is 2.30. The van der Waals surface area contributed by atoms with Crippen molar-refractivity contribution >= 4 is 22.8 Å². The molecule has 2 N–H and O–H groups in total. The molecular formula is C17H20N2O3. The van der Waals surface area contributed by atoms with E-state index < -0.39 is 12.0 Å². The SMILES string of the molecule is COC(=O)C(Cc1c[nH]c2ccccc12)NC(=O)C1CCC1. The molecule has 0 bridgehead atoms. The summed E-state index contributed by atoms with van der Waals surface area (Å²) in [6, 6.07) is 7.26. The first kappa shape index (κ1) is 14.6. The number of aromatic nitrogens is 1. The minimum absolute atomic E-state index is 0.0403. The summed E-state index contributed by atoms with van der Waals surface area (Å²) in [5, 5.41) is 3.91. The molecule has 2 aromatic rings. The van der Waals surface area contributed by atoms with Crippen LogP contribution >= 0.6 is 0 Å². The van der Waals surface area contributed by atoms with E-state index in [1.54, 1.807) is 0 Å². The molecule has 0 radical (unpaired) electrons. The molecule has 1 aliphatic rings. The molecule has 1 amide bonds. The molecular weight excluding hydrogens is 280 g/mol. The Hall–Kier alpha value is -2.30. The van der Waals surface area contributed by atoms with Gasteiger partial charge in [-0.3, -0.25) is 4.79 Å². The van der Waals surface area contributed by atoms with Crippen LogP contribution in [0.3, 0.4) is 0 Å². The molecule has 5 nitrogen and oxygen atoms in total. The van der Waals surface area contributed by atoms with Crippen LogP contribution in [0, 0.1) is 5.92 Å². The van der Waals surface area contributed by atoms with Crippen molar-refractivity contribution in [3.05, 3.63) is 36.0 Å². The summed E-state index contributed by atoms with van der Waals surface area (Å²) in [6.45, 7) is 0. The van der Waals surface area contributed by atoms with Gasteiger partial charge >= 0.3 is 5.97 Å². The number of H-pyrrole nitrogens is 1. The summed E-state index contributed by atoms with van der Waals surface area (Å²) in [5.74, 6) is -0.394. The Bertz CT molecular complexity index is 688. The third-order valence-corrected chi connectivity index (χ3v) is 4.38. The standard InChI is InChI=1S/C17H20N2O3/c1-22-17(21)15(19-16(20)11-5-4-6-11)9-12-10-18-14-8-3-2-7-13(12)14/h2-3,7-8,10-11,15,18H,4-6,9H2,1H3,(H,19,20). The molecule has 22 heavy (non-hydrogen) atoms. The Morgan fingerprint density at radius 3 is 2.82 bits per heavy atom. The van der Waals surface area contributed by atoms with Crippen LogP contribution < -0.4 is 5.32 Å². The fraction of sp³-hybridized carbons (Fsp3) is 0.412. The highest BCUT2D eigenvalue weighted by Crippen LogP contribution is 2.26. The molecule has 1 saturated carbocycles. The van der Waals surface area contributed by atoms with E-state index in [0.29, 0.717) is 6.42 Å². The van der Waals surface area contributed by atoms with Crippen LogP contribution in [-0.4, -0.2) is 30.0 Å². The molecule has 1 aromatic heterocycles. The molecule has 5 heteroatoms. The van der Waals surface area contributed by atoms with E-state index in [9.17, 15) is 9.59 Å². The third-order valence-electron chi connectivity index (χ3n) is 4.38. The zero-order valence-electron chi connectivity index (χ0n) is 12.6. The van der Waals surface area contributed by atoms with Gasteiger partial charge in [0.2, 0.25) is 5.91 Å². The van der Waals surface area contributed by atoms with Crippen LogP contribution in [-0.2, 0) is 20.7 Å². The summed E-state index contributed by atoms with van der Waals surface area (Å²) >= 11 is 0. The number of methoxy groups -OCH3 is 1. The summed E-state index contributed by atoms with van der Waals surface area (Å²) in [7, 11) is 1.35. The van der Waals surface area contributed by atoms with Crippen LogP contribution in [0.5, 0.6) is 0 Å². The lowest BCUT2D eigenvalue weighted by Crippen LogP contribution is -2.46. The van der Waals surface area contributed by atoms with E-state index in [0.717, 1.165) is 35.7 Å². The topological polar surface area (TPSA) is 71.2 Å². The molecule has 3 rings (SSSR count). The third kappa shape index (κ3) is 2.84. The number of para-hydroxylation sites is 1. The Morgan fingerprint density at radius 1 is 1.36 bits per heavy atom. The van der Waals surface area contributed by atoms with Gasteiger partial charge in [0.25, 0.3) is 0 Å². The van der Waals surface area contributed by atoms with Crippen LogP contribution in [0.25, 0.3) is 10.9 Å². The number of hydrogen-bond donors (Lipinski definition) is 2. The van der Waals surface area contributed by atoms with E-state index in [-0.39, 0.29) is 11.8 Å². The number of nitrogens with one attached hydrogen (secondary N) is 2. The smallest absolute Gasteiger partial charge is 0.328 e. The molecule has 0 spiro atoms. The van der Waals surface area contributed by atoms with Gasteiger partial charge in [0.1, 0.15) is 6.04 Å². The van der Waals surface area contributed by atoms with E-state index in [1.165, 1.54) is 7.11 Å². The van der Waals surface area contributed by atoms with Gasteiger partial charge in [0.15, 0.2) is 0 Å². The maximum Gasteiger partial charge on any atom is 0.328 e. The molecule has 1 aliphatic carbocycles. The molecule has 0 saturated heterocycles. The van der Waals surface area contributed by atoms with Gasteiger partial charge in [-0.15, -0.1) is 0 Å². The minimum atomic E-state index is -0.641. The van der Waals surface area contributed by atoms with Crippen molar-refractivity contribution in [3.8, 4) is 0 Å². The zero-order valence-corrected chi connectivity index (χ0v) is 12.6. The number of rotatable bonds is 5. The van der Waals surface area contributed by atoms with Gasteiger partial charge in [-0.1, -0.05) is 24.6 Å². The predicted molar refractivity (Wildman–Crippen MR) is 83.3 cm³/mol. The van der Waals surface area contributed by atoms with Gasteiger partial charge in [0, 0.05) is 29.4 Å². The van der Waals surface area contributed by atoms with Crippen LogP contribution in [0.1, 0.15) is 24.8 Å². The van der Waals surface area contributed by atoms with Crippen molar-refractivity contribution in [3.63, 3.8) is 0 Å². The summed E-state index contributed by atoms with van der Waals surface area (Å²) < 4.78 is 4.84. The summed E-state index contributed by atoms with van der Waals surface area (Å²) in [5.41, 5.74) is 2.02. The lowest BCUT2D eigenvalue weighted by molar-refractivity contribution is -0.146. The molecule has 1 unspecified atom stereocenters. The van der Waals surface area contributed by atoms with Crippen molar-refractivity contribution in [1.82, 2.24) is 10.3 Å². The highest BCUT2D eigenvalue weighted by molar-refractivity contribution is 5.88. The number of aromatic amines is 1. The molecule has 1 heterocycles. The van der Waals surface area contributed by atoms with Crippen LogP contribution in [0.4, 0.5) is 0 Å². The Morgan fingerprint density at radius 2 is 2.14 bits per heavy atom. The van der Waals surface area contributed by atoms with Crippen molar-refractivity contribution in [2.75, 3.05) is 7.11 Å². The monoisotopic (exact) mass is 300 g/mol. The van der Waals surface area contributed by atoms with Crippen LogP contribution in [0.2, 0.25) is 0 Å². The second-order valence-electron chi connectivity index (χ2n) is 5.78. The van der Waals surface area contributed by atoms with E-state index in [2.05, 4.69) is 10.3 Å². The van der Waals surface area contributed by atoms with Crippen molar-refractivity contribution in [1.29, 1.82) is 0 Å². The van der Waals surface area contributed by atoms with Gasteiger partial charge in [-0.25, -0.2) is 4.79 Å². The number of carbonyl (C=O) groups is 2. The van der Waals surface area contributed by atoms with Gasteiger partial charge in [-0.05, 0) is 24.5 Å². The van der Waals surface area contributed by atoms with Crippen molar-refractivity contribution < 1.29 is 14.3 Å². The quantitative estimate of drug-likeness (QED) is 0.831. The molecule has 1 atom stereocenters. The fourth-order valence-corrected chi connectivity index (χ4v) is 2.82. The molecule has 1 aromatic carbocycles. The lowest BCUT2D eigenvalue weighted by atomic mass is 9.84. The first-order valence-corrected chi connectivity index (χ1v) is 7.62. The zero-order chi connectivity index (χ0) is 15.5. The van der Waals surface area contributed by atoms with Crippen molar-refractivity contribution in [2.45, 2.75) is 31.7 Å². The minimum Gasteiger partial charge on any atom is -0.467 e. The fourth-order valence-electron chi connectivity index (χ4n) is 2.82.